The summed E-state index contributed by atoms with van der Waals surface area (Å²) in [6.07, 6.45) is 0.898. The van der Waals surface area contributed by atoms with Crippen molar-refractivity contribution in [2.24, 2.45) is 5.92 Å². The molecule has 2 fully saturated rings. The van der Waals surface area contributed by atoms with Crippen LogP contribution >= 0.6 is 0 Å². The summed E-state index contributed by atoms with van der Waals surface area (Å²) < 4.78 is 39.8. The Bertz CT molecular complexity index is 1120. The van der Waals surface area contributed by atoms with Crippen molar-refractivity contribution in [3.05, 3.63) is 48.7 Å². The van der Waals surface area contributed by atoms with Gasteiger partial charge in [-0.1, -0.05) is 0 Å². The number of amides is 1. The van der Waals surface area contributed by atoms with E-state index in [1.807, 2.05) is 21.9 Å². The molecule has 10 nitrogen and oxygen atoms in total. The minimum Gasteiger partial charge on any atom is -0.355 e. The first-order valence-electron chi connectivity index (χ1n) is 11.4. The molecule has 0 N–H and O–H groups in total. The molecule has 0 radical (unpaired) electrons. The minimum absolute atomic E-state index is 0.0515. The van der Waals surface area contributed by atoms with Crippen LogP contribution in [0.25, 0.3) is 5.82 Å². The highest BCUT2D eigenvalue weighted by Crippen LogP contribution is 2.30. The van der Waals surface area contributed by atoms with Gasteiger partial charge < -0.3 is 14.7 Å². The molecule has 35 heavy (non-hydrogen) atoms. The Morgan fingerprint density at radius 2 is 1.51 bits per heavy atom. The van der Waals surface area contributed by atoms with Gasteiger partial charge >= 0.3 is 6.18 Å². The molecule has 0 aromatic carbocycles. The Kier molecular flexibility index (Phi) is 6.22. The highest BCUT2D eigenvalue weighted by molar-refractivity contribution is 5.79. The van der Waals surface area contributed by atoms with E-state index in [0.29, 0.717) is 50.9 Å². The monoisotopic (exact) mass is 487 g/mol. The van der Waals surface area contributed by atoms with Crippen LogP contribution in [-0.4, -0.2) is 80.0 Å². The van der Waals surface area contributed by atoms with E-state index >= 15 is 0 Å². The molecule has 0 atom stereocenters. The number of piperazine rings is 1. The topological polar surface area (TPSA) is 96.2 Å². The lowest BCUT2D eigenvalue weighted by molar-refractivity contribution is -0.138. The molecular weight excluding hydrogens is 463 g/mol. The van der Waals surface area contributed by atoms with E-state index in [9.17, 15) is 18.0 Å². The molecule has 0 unspecified atom stereocenters. The van der Waals surface area contributed by atoms with E-state index in [0.717, 1.165) is 30.9 Å². The predicted molar refractivity (Wildman–Crippen MR) is 120 cm³/mol. The molecule has 0 spiro atoms. The molecule has 3 aromatic heterocycles. The van der Waals surface area contributed by atoms with Gasteiger partial charge in [-0.25, -0.2) is 14.6 Å². The fourth-order valence-corrected chi connectivity index (χ4v) is 4.45. The quantitative estimate of drug-likeness (QED) is 0.552. The molecule has 1 amide bonds. The number of carbonyl (C=O) groups excluding carboxylic acids is 1. The van der Waals surface area contributed by atoms with Crippen LogP contribution in [0.3, 0.4) is 0 Å². The molecule has 0 aliphatic carbocycles. The second-order valence-electron chi connectivity index (χ2n) is 8.57. The van der Waals surface area contributed by atoms with Gasteiger partial charge in [0, 0.05) is 51.4 Å². The van der Waals surface area contributed by atoms with Crippen LogP contribution in [0.4, 0.5) is 24.8 Å². The summed E-state index contributed by atoms with van der Waals surface area (Å²) in [5, 5.41) is 12.5. The number of aromatic nitrogens is 6. The van der Waals surface area contributed by atoms with Crippen molar-refractivity contribution in [2.45, 2.75) is 19.0 Å². The van der Waals surface area contributed by atoms with E-state index in [-0.39, 0.29) is 11.8 Å². The molecule has 3 aromatic rings. The van der Waals surface area contributed by atoms with Crippen molar-refractivity contribution in [1.29, 1.82) is 0 Å². The third-order valence-electron chi connectivity index (χ3n) is 6.45. The van der Waals surface area contributed by atoms with Gasteiger partial charge in [0.05, 0.1) is 5.56 Å². The fourth-order valence-electron chi connectivity index (χ4n) is 4.45. The number of piperidine rings is 1. The van der Waals surface area contributed by atoms with Crippen LogP contribution in [-0.2, 0) is 11.0 Å². The lowest BCUT2D eigenvalue weighted by Gasteiger charge is -2.39. The SMILES string of the molecule is O=C(C1CCN(c2ccc(-n3cncn3)nn2)CC1)N1CCN(c2ccc(C(F)(F)F)cn2)CC1. The summed E-state index contributed by atoms with van der Waals surface area (Å²) in [4.78, 5) is 26.8. The molecular formula is C22H24F3N9O. The third kappa shape index (κ3) is 5.03. The smallest absolute Gasteiger partial charge is 0.355 e. The number of rotatable bonds is 4. The molecule has 2 saturated heterocycles. The third-order valence-corrected chi connectivity index (χ3v) is 6.45. The molecule has 2 aliphatic heterocycles. The fraction of sp³-hybridized carbons (Fsp3) is 0.455. The Hall–Kier alpha value is -3.77. The van der Waals surface area contributed by atoms with Gasteiger partial charge in [0.15, 0.2) is 11.6 Å². The Balaban J connectivity index is 1.11. The van der Waals surface area contributed by atoms with Crippen molar-refractivity contribution >= 4 is 17.5 Å². The second-order valence-corrected chi connectivity index (χ2v) is 8.57. The average molecular weight is 487 g/mol. The molecule has 5 rings (SSSR count). The van der Waals surface area contributed by atoms with Gasteiger partial charge in [-0.05, 0) is 37.1 Å². The van der Waals surface area contributed by atoms with Gasteiger partial charge in [0.25, 0.3) is 0 Å². The van der Waals surface area contributed by atoms with E-state index in [2.05, 4.69) is 30.2 Å². The van der Waals surface area contributed by atoms with E-state index in [4.69, 9.17) is 0 Å². The van der Waals surface area contributed by atoms with Crippen molar-refractivity contribution < 1.29 is 18.0 Å². The average Bonchev–Trinajstić information content (AvgIpc) is 3.43. The normalized spacial score (nSPS) is 17.6. The lowest BCUT2D eigenvalue weighted by Crippen LogP contribution is -2.52. The Morgan fingerprint density at radius 1 is 0.857 bits per heavy atom. The number of hydrogen-bond acceptors (Lipinski definition) is 8. The number of halogens is 3. The van der Waals surface area contributed by atoms with Gasteiger partial charge in [0.2, 0.25) is 5.91 Å². The molecule has 0 bridgehead atoms. The van der Waals surface area contributed by atoms with Gasteiger partial charge in [-0.3, -0.25) is 4.79 Å². The zero-order valence-corrected chi connectivity index (χ0v) is 18.8. The summed E-state index contributed by atoms with van der Waals surface area (Å²) >= 11 is 0. The van der Waals surface area contributed by atoms with Crippen LogP contribution in [0, 0.1) is 5.92 Å². The van der Waals surface area contributed by atoms with Crippen LogP contribution in [0.1, 0.15) is 18.4 Å². The first-order valence-corrected chi connectivity index (χ1v) is 11.4. The first kappa shape index (κ1) is 23.0. The van der Waals surface area contributed by atoms with Crippen LogP contribution in [0.2, 0.25) is 0 Å². The highest BCUT2D eigenvalue weighted by Gasteiger charge is 2.33. The van der Waals surface area contributed by atoms with Crippen molar-refractivity contribution in [1.82, 2.24) is 34.8 Å². The summed E-state index contributed by atoms with van der Waals surface area (Å²) in [6.45, 7) is 3.55. The molecule has 184 valence electrons. The first-order chi connectivity index (χ1) is 16.9. The Labute approximate surface area is 199 Å². The van der Waals surface area contributed by atoms with E-state index in [1.54, 1.807) is 6.33 Å². The van der Waals surface area contributed by atoms with Gasteiger partial charge in [-0.2, -0.15) is 18.3 Å². The van der Waals surface area contributed by atoms with E-state index in [1.165, 1.54) is 17.1 Å². The predicted octanol–water partition coefficient (Wildman–Crippen LogP) is 2.04. The summed E-state index contributed by atoms with van der Waals surface area (Å²) in [6, 6.07) is 6.15. The standard InChI is InChI=1S/C22H24F3N9O/c23-22(24,25)17-1-2-18(27-13-17)32-9-11-33(12-10-32)21(35)16-5-7-31(8-6-16)19-3-4-20(30-29-19)34-15-26-14-28-34/h1-4,13-16H,5-12H2. The Morgan fingerprint density at radius 3 is 2.09 bits per heavy atom. The summed E-state index contributed by atoms with van der Waals surface area (Å²) in [5.41, 5.74) is -0.765. The molecule has 0 saturated carbocycles. The van der Waals surface area contributed by atoms with Gasteiger partial charge in [-0.15, -0.1) is 10.2 Å². The van der Waals surface area contributed by atoms with Crippen molar-refractivity contribution in [3.8, 4) is 5.82 Å². The lowest BCUT2D eigenvalue weighted by atomic mass is 9.95. The van der Waals surface area contributed by atoms with Crippen LogP contribution < -0.4 is 9.80 Å². The van der Waals surface area contributed by atoms with Crippen LogP contribution in [0.5, 0.6) is 0 Å². The van der Waals surface area contributed by atoms with Crippen molar-refractivity contribution in [3.63, 3.8) is 0 Å². The van der Waals surface area contributed by atoms with Crippen LogP contribution in [0.15, 0.2) is 43.1 Å². The molecule has 13 heteroatoms. The zero-order valence-electron chi connectivity index (χ0n) is 18.8. The largest absolute Gasteiger partial charge is 0.417 e. The number of carbonyl (C=O) groups is 1. The maximum atomic E-state index is 13.1. The van der Waals surface area contributed by atoms with E-state index < -0.39 is 11.7 Å². The molecule has 2 aliphatic rings. The number of pyridine rings is 1. The summed E-state index contributed by atoms with van der Waals surface area (Å²) in [7, 11) is 0. The maximum absolute atomic E-state index is 13.1. The number of anilines is 2. The molecule has 5 heterocycles. The zero-order chi connectivity index (χ0) is 24.4. The highest BCUT2D eigenvalue weighted by atomic mass is 19.4. The summed E-state index contributed by atoms with van der Waals surface area (Å²) in [5.74, 6) is 1.93. The number of nitrogens with zero attached hydrogens (tertiary/aromatic N) is 9. The second kappa shape index (κ2) is 9.47. The number of alkyl halides is 3. The van der Waals surface area contributed by atoms with Crippen molar-refractivity contribution in [2.75, 3.05) is 49.1 Å². The minimum atomic E-state index is -4.40. The van der Waals surface area contributed by atoms with Gasteiger partial charge in [0.1, 0.15) is 18.5 Å². The maximum Gasteiger partial charge on any atom is 0.417 e. The number of hydrogen-bond donors (Lipinski definition) is 0.